The van der Waals surface area contributed by atoms with Crippen molar-refractivity contribution in [2.45, 2.75) is 19.3 Å². The summed E-state index contributed by atoms with van der Waals surface area (Å²) in [5.74, 6) is 2.31. The molecule has 2 atom stereocenters. The fourth-order valence-corrected chi connectivity index (χ4v) is 3.27. The van der Waals surface area contributed by atoms with Crippen LogP contribution in [-0.2, 0) is 0 Å². The van der Waals surface area contributed by atoms with Crippen LogP contribution in [-0.4, -0.2) is 20.2 Å². The van der Waals surface area contributed by atoms with Gasteiger partial charge in [-0.3, -0.25) is 0 Å². The molecule has 2 aromatic carbocycles. The molecule has 100 valence electrons. The van der Waals surface area contributed by atoms with E-state index in [4.69, 9.17) is 4.74 Å². The fraction of sp³-hybridized carbons (Fsp3) is 0.412. The highest BCUT2D eigenvalue weighted by atomic mass is 16.5. The van der Waals surface area contributed by atoms with E-state index in [9.17, 15) is 0 Å². The van der Waals surface area contributed by atoms with Gasteiger partial charge in [-0.15, -0.1) is 0 Å². The van der Waals surface area contributed by atoms with Crippen molar-refractivity contribution in [3.63, 3.8) is 0 Å². The van der Waals surface area contributed by atoms with E-state index >= 15 is 0 Å². The summed E-state index contributed by atoms with van der Waals surface area (Å²) in [5, 5.41) is 6.06. The lowest BCUT2D eigenvalue weighted by molar-refractivity contribution is 0.351. The predicted octanol–water partition coefficient (Wildman–Crippen LogP) is 3.56. The molecule has 1 aliphatic heterocycles. The first-order valence-electron chi connectivity index (χ1n) is 7.07. The van der Waals surface area contributed by atoms with E-state index in [0.717, 1.165) is 18.8 Å². The Labute approximate surface area is 114 Å². The van der Waals surface area contributed by atoms with Crippen molar-refractivity contribution in [3.05, 3.63) is 42.0 Å². The largest absolute Gasteiger partial charge is 0.496 e. The van der Waals surface area contributed by atoms with E-state index in [-0.39, 0.29) is 0 Å². The van der Waals surface area contributed by atoms with E-state index in [1.807, 2.05) is 0 Å². The summed E-state index contributed by atoms with van der Waals surface area (Å²) in [5.41, 5.74) is 1.48. The Hall–Kier alpha value is -1.54. The van der Waals surface area contributed by atoms with Crippen LogP contribution in [0.3, 0.4) is 0 Å². The molecule has 2 aromatic rings. The van der Waals surface area contributed by atoms with Gasteiger partial charge in [0.15, 0.2) is 0 Å². The van der Waals surface area contributed by atoms with E-state index in [1.165, 1.54) is 22.8 Å². The molecule has 1 aliphatic rings. The van der Waals surface area contributed by atoms with Crippen LogP contribution in [0.4, 0.5) is 0 Å². The highest BCUT2D eigenvalue weighted by Crippen LogP contribution is 2.37. The van der Waals surface area contributed by atoms with Crippen LogP contribution in [0.1, 0.15) is 24.8 Å². The van der Waals surface area contributed by atoms with Crippen molar-refractivity contribution >= 4 is 10.8 Å². The zero-order chi connectivity index (χ0) is 13.2. The van der Waals surface area contributed by atoms with Crippen LogP contribution in [0.15, 0.2) is 36.4 Å². The maximum absolute atomic E-state index is 5.48. The molecule has 2 unspecified atom stereocenters. The lowest BCUT2D eigenvalue weighted by Gasteiger charge is -2.31. The molecule has 0 bridgehead atoms. The number of benzene rings is 2. The molecule has 1 heterocycles. The molecule has 3 rings (SSSR count). The number of hydrogen-bond acceptors (Lipinski definition) is 2. The van der Waals surface area contributed by atoms with Crippen LogP contribution in [0, 0.1) is 5.92 Å². The fourth-order valence-electron chi connectivity index (χ4n) is 3.27. The summed E-state index contributed by atoms with van der Waals surface area (Å²) in [4.78, 5) is 0. The van der Waals surface area contributed by atoms with Gasteiger partial charge in [-0.25, -0.2) is 0 Å². The summed E-state index contributed by atoms with van der Waals surface area (Å²) in [7, 11) is 1.74. The average molecular weight is 255 g/mol. The Morgan fingerprint density at radius 2 is 1.89 bits per heavy atom. The van der Waals surface area contributed by atoms with Crippen LogP contribution in [0.5, 0.6) is 5.75 Å². The van der Waals surface area contributed by atoms with Gasteiger partial charge < -0.3 is 10.1 Å². The normalized spacial score (nSPS) is 23.5. The van der Waals surface area contributed by atoms with Crippen molar-refractivity contribution in [2.75, 3.05) is 20.2 Å². The van der Waals surface area contributed by atoms with E-state index in [1.54, 1.807) is 7.11 Å². The topological polar surface area (TPSA) is 21.3 Å². The second kappa shape index (κ2) is 5.22. The Kier molecular flexibility index (Phi) is 3.43. The highest BCUT2D eigenvalue weighted by molar-refractivity contribution is 5.91. The molecule has 1 saturated heterocycles. The molecule has 1 N–H and O–H groups in total. The van der Waals surface area contributed by atoms with Crippen molar-refractivity contribution in [1.82, 2.24) is 5.32 Å². The summed E-state index contributed by atoms with van der Waals surface area (Å²) >= 11 is 0. The standard InChI is InChI=1S/C17H21NO/c1-12-11-18-10-9-13(12)15-7-8-17(19-2)16-6-4-3-5-14(15)16/h3-8,12-13,18H,9-11H2,1-2H3. The molecule has 2 nitrogen and oxygen atoms in total. The lowest BCUT2D eigenvalue weighted by atomic mass is 9.80. The van der Waals surface area contributed by atoms with Gasteiger partial charge in [0.05, 0.1) is 7.11 Å². The number of ether oxygens (including phenoxy) is 1. The number of piperidine rings is 1. The van der Waals surface area contributed by atoms with Crippen LogP contribution < -0.4 is 10.1 Å². The minimum atomic E-state index is 0.650. The van der Waals surface area contributed by atoms with Crippen LogP contribution >= 0.6 is 0 Å². The summed E-state index contributed by atoms with van der Waals surface area (Å²) < 4.78 is 5.48. The summed E-state index contributed by atoms with van der Waals surface area (Å²) in [6, 6.07) is 13.0. The van der Waals surface area contributed by atoms with Gasteiger partial charge in [0.1, 0.15) is 5.75 Å². The molecule has 0 aromatic heterocycles. The van der Waals surface area contributed by atoms with E-state index in [0.29, 0.717) is 11.8 Å². The maximum Gasteiger partial charge on any atom is 0.126 e. The van der Waals surface area contributed by atoms with Crippen molar-refractivity contribution in [2.24, 2.45) is 5.92 Å². The third-order valence-corrected chi connectivity index (χ3v) is 4.32. The molecule has 2 heteroatoms. The third kappa shape index (κ3) is 2.21. The molecule has 19 heavy (non-hydrogen) atoms. The van der Waals surface area contributed by atoms with Crippen molar-refractivity contribution < 1.29 is 4.74 Å². The zero-order valence-electron chi connectivity index (χ0n) is 11.6. The van der Waals surface area contributed by atoms with Gasteiger partial charge in [0, 0.05) is 5.39 Å². The van der Waals surface area contributed by atoms with Gasteiger partial charge in [-0.05, 0) is 48.4 Å². The molecular formula is C17H21NO. The SMILES string of the molecule is COc1ccc(C2CCNCC2C)c2ccccc12. The summed E-state index contributed by atoms with van der Waals surface area (Å²) in [6.07, 6.45) is 1.22. The van der Waals surface area contributed by atoms with Gasteiger partial charge >= 0.3 is 0 Å². The van der Waals surface area contributed by atoms with Gasteiger partial charge in [0.2, 0.25) is 0 Å². The number of rotatable bonds is 2. The molecule has 0 spiro atoms. The lowest BCUT2D eigenvalue weighted by Crippen LogP contribution is -2.33. The first kappa shape index (κ1) is 12.5. The summed E-state index contributed by atoms with van der Waals surface area (Å²) in [6.45, 7) is 4.58. The Bertz CT molecular complexity index is 578. The number of hydrogen-bond donors (Lipinski definition) is 1. The van der Waals surface area contributed by atoms with Gasteiger partial charge in [-0.1, -0.05) is 37.3 Å². The van der Waals surface area contributed by atoms with Crippen molar-refractivity contribution in [3.8, 4) is 5.75 Å². The zero-order valence-corrected chi connectivity index (χ0v) is 11.6. The predicted molar refractivity (Wildman–Crippen MR) is 79.9 cm³/mol. The van der Waals surface area contributed by atoms with E-state index < -0.39 is 0 Å². The third-order valence-electron chi connectivity index (χ3n) is 4.32. The Morgan fingerprint density at radius 3 is 2.63 bits per heavy atom. The van der Waals surface area contributed by atoms with E-state index in [2.05, 4.69) is 48.6 Å². The molecule has 0 radical (unpaired) electrons. The van der Waals surface area contributed by atoms with Gasteiger partial charge in [-0.2, -0.15) is 0 Å². The van der Waals surface area contributed by atoms with Crippen LogP contribution in [0.25, 0.3) is 10.8 Å². The number of fused-ring (bicyclic) bond motifs is 1. The quantitative estimate of drug-likeness (QED) is 0.886. The van der Waals surface area contributed by atoms with Gasteiger partial charge in [0.25, 0.3) is 0 Å². The highest BCUT2D eigenvalue weighted by Gasteiger charge is 2.24. The monoisotopic (exact) mass is 255 g/mol. The van der Waals surface area contributed by atoms with Crippen LogP contribution in [0.2, 0.25) is 0 Å². The molecule has 0 aliphatic carbocycles. The average Bonchev–Trinajstić information content (AvgIpc) is 2.47. The first-order valence-corrected chi connectivity index (χ1v) is 7.07. The maximum atomic E-state index is 5.48. The molecule has 1 fully saturated rings. The second-order valence-electron chi connectivity index (χ2n) is 5.48. The smallest absolute Gasteiger partial charge is 0.126 e. The molecular weight excluding hydrogens is 234 g/mol. The Morgan fingerprint density at radius 1 is 1.11 bits per heavy atom. The Balaban J connectivity index is 2.13. The molecule has 0 saturated carbocycles. The van der Waals surface area contributed by atoms with Crippen molar-refractivity contribution in [1.29, 1.82) is 0 Å². The number of nitrogens with one attached hydrogen (secondary N) is 1. The second-order valence-corrected chi connectivity index (χ2v) is 5.48. The first-order chi connectivity index (χ1) is 9.31. The number of methoxy groups -OCH3 is 1. The minimum Gasteiger partial charge on any atom is -0.496 e. The molecule has 0 amide bonds. The minimum absolute atomic E-state index is 0.650.